The molecule has 0 amide bonds. The summed E-state index contributed by atoms with van der Waals surface area (Å²) >= 11 is 0. The molecule has 0 aliphatic carbocycles. The van der Waals surface area contributed by atoms with Crippen molar-refractivity contribution in [2.75, 3.05) is 53.1 Å². The molecule has 2 rings (SSSR count). The summed E-state index contributed by atoms with van der Waals surface area (Å²) in [6.45, 7) is 6.79. The number of halogens is 1. The van der Waals surface area contributed by atoms with Crippen LogP contribution in [-0.2, 0) is 16.4 Å². The van der Waals surface area contributed by atoms with E-state index in [1.165, 1.54) is 0 Å². The maximum atomic E-state index is 12.2. The number of sulfone groups is 1. The Morgan fingerprint density at radius 1 is 1.28 bits per heavy atom. The number of hydrogen-bond acceptors (Lipinski definition) is 5. The monoisotopic (exact) mass is 538 g/mol. The van der Waals surface area contributed by atoms with E-state index < -0.39 is 14.6 Å². The second-order valence-electron chi connectivity index (χ2n) is 8.05. The largest absolute Gasteiger partial charge is 0.494 e. The average Bonchev–Trinajstić information content (AvgIpc) is 2.63. The summed E-state index contributed by atoms with van der Waals surface area (Å²) in [6, 6.07) is 8.02. The number of benzene rings is 1. The zero-order chi connectivity index (χ0) is 20.8. The Bertz CT molecular complexity index is 764. The van der Waals surface area contributed by atoms with E-state index in [4.69, 9.17) is 4.74 Å². The molecule has 0 unspecified atom stereocenters. The summed E-state index contributed by atoms with van der Waals surface area (Å²) in [5.74, 6) is 1.75. The highest BCUT2D eigenvalue weighted by atomic mass is 127. The third-order valence-electron chi connectivity index (χ3n) is 4.95. The molecule has 1 aromatic carbocycles. The minimum atomic E-state index is -3.06. The lowest BCUT2D eigenvalue weighted by atomic mass is 10.2. The molecule has 7 nitrogen and oxygen atoms in total. The molecule has 0 atom stereocenters. The standard InChI is InChI=1S/C20H34N4O3S.HI/c1-20(2)16-24(12-14-28(20,25)26)19(21-3)22-15-17-7-9-18(10-8-17)27-13-6-11-23(4)5;/h7-10H,6,11-16H2,1-5H3,(H,21,22);1H. The molecule has 0 spiro atoms. The van der Waals surface area contributed by atoms with Gasteiger partial charge in [-0.05, 0) is 52.1 Å². The first-order valence-corrected chi connectivity index (χ1v) is 11.3. The van der Waals surface area contributed by atoms with Gasteiger partial charge in [0.25, 0.3) is 0 Å². The van der Waals surface area contributed by atoms with Gasteiger partial charge in [0.2, 0.25) is 0 Å². The first-order valence-electron chi connectivity index (χ1n) is 9.69. The summed E-state index contributed by atoms with van der Waals surface area (Å²) in [4.78, 5) is 8.49. The molecule has 166 valence electrons. The van der Waals surface area contributed by atoms with Crippen molar-refractivity contribution >= 4 is 39.8 Å². The van der Waals surface area contributed by atoms with Gasteiger partial charge in [-0.25, -0.2) is 8.42 Å². The SMILES string of the molecule is CN=C(NCc1ccc(OCCCN(C)C)cc1)N1CCS(=O)(=O)C(C)(C)C1.I. The van der Waals surface area contributed by atoms with Crippen LogP contribution in [0.4, 0.5) is 0 Å². The minimum Gasteiger partial charge on any atom is -0.494 e. The van der Waals surface area contributed by atoms with Crippen molar-refractivity contribution in [1.82, 2.24) is 15.1 Å². The van der Waals surface area contributed by atoms with Gasteiger partial charge in [0.05, 0.1) is 17.1 Å². The molecule has 1 saturated heterocycles. The van der Waals surface area contributed by atoms with Gasteiger partial charge in [-0.1, -0.05) is 12.1 Å². The van der Waals surface area contributed by atoms with E-state index in [2.05, 4.69) is 29.3 Å². The zero-order valence-corrected chi connectivity index (χ0v) is 21.3. The number of hydrogen-bond donors (Lipinski definition) is 1. The molecule has 0 radical (unpaired) electrons. The van der Waals surface area contributed by atoms with Crippen LogP contribution < -0.4 is 10.1 Å². The summed E-state index contributed by atoms with van der Waals surface area (Å²) in [5.41, 5.74) is 1.12. The third kappa shape index (κ3) is 7.60. The first-order chi connectivity index (χ1) is 13.1. The third-order valence-corrected chi connectivity index (χ3v) is 7.48. The first kappa shape index (κ1) is 26.0. The maximum Gasteiger partial charge on any atom is 0.193 e. The molecular weight excluding hydrogens is 503 g/mol. The second kappa shape index (κ2) is 11.4. The summed E-state index contributed by atoms with van der Waals surface area (Å²) < 4.78 is 29.4. The predicted octanol–water partition coefficient (Wildman–Crippen LogP) is 2.22. The molecule has 1 N–H and O–H groups in total. The summed E-state index contributed by atoms with van der Waals surface area (Å²) in [5, 5.41) is 3.34. The topological polar surface area (TPSA) is 74.2 Å². The number of aliphatic imine (C=N–C) groups is 1. The number of rotatable bonds is 7. The van der Waals surface area contributed by atoms with E-state index in [0.29, 0.717) is 26.2 Å². The fraction of sp³-hybridized carbons (Fsp3) is 0.650. The molecule has 0 saturated carbocycles. The molecule has 1 aliphatic heterocycles. The lowest BCUT2D eigenvalue weighted by molar-refractivity contribution is 0.281. The molecule has 1 aromatic rings. The Hall–Kier alpha value is -1.07. The van der Waals surface area contributed by atoms with E-state index in [-0.39, 0.29) is 29.7 Å². The summed E-state index contributed by atoms with van der Waals surface area (Å²) in [6.07, 6.45) is 0.995. The van der Waals surface area contributed by atoms with Crippen molar-refractivity contribution in [2.24, 2.45) is 4.99 Å². The van der Waals surface area contributed by atoms with Crippen LogP contribution in [0.3, 0.4) is 0 Å². The van der Waals surface area contributed by atoms with E-state index in [1.807, 2.05) is 29.2 Å². The van der Waals surface area contributed by atoms with Gasteiger partial charge < -0.3 is 19.9 Å². The van der Waals surface area contributed by atoms with Crippen molar-refractivity contribution in [3.8, 4) is 5.75 Å². The molecule has 9 heteroatoms. The van der Waals surface area contributed by atoms with Crippen molar-refractivity contribution in [3.05, 3.63) is 29.8 Å². The number of nitrogens with one attached hydrogen (secondary N) is 1. The Labute approximate surface area is 192 Å². The van der Waals surface area contributed by atoms with E-state index in [1.54, 1.807) is 20.9 Å². The van der Waals surface area contributed by atoms with Gasteiger partial charge in [-0.3, -0.25) is 4.99 Å². The van der Waals surface area contributed by atoms with Gasteiger partial charge in [0, 0.05) is 33.2 Å². The van der Waals surface area contributed by atoms with Gasteiger partial charge >= 0.3 is 0 Å². The van der Waals surface area contributed by atoms with Crippen molar-refractivity contribution in [2.45, 2.75) is 31.6 Å². The fourth-order valence-electron chi connectivity index (χ4n) is 3.11. The van der Waals surface area contributed by atoms with E-state index in [9.17, 15) is 8.42 Å². The molecule has 1 heterocycles. The molecule has 1 aliphatic rings. The van der Waals surface area contributed by atoms with Crippen LogP contribution in [-0.4, -0.2) is 82.1 Å². The van der Waals surface area contributed by atoms with E-state index >= 15 is 0 Å². The van der Waals surface area contributed by atoms with Crippen LogP contribution in [0.5, 0.6) is 5.75 Å². The van der Waals surface area contributed by atoms with Crippen LogP contribution in [0, 0.1) is 0 Å². The lowest BCUT2D eigenvalue weighted by Gasteiger charge is -2.39. The van der Waals surface area contributed by atoms with Crippen LogP contribution in [0.1, 0.15) is 25.8 Å². The molecule has 29 heavy (non-hydrogen) atoms. The van der Waals surface area contributed by atoms with Gasteiger partial charge in [-0.2, -0.15) is 0 Å². The minimum absolute atomic E-state index is 0. The number of nitrogens with zero attached hydrogens (tertiary/aromatic N) is 3. The van der Waals surface area contributed by atoms with Crippen molar-refractivity contribution < 1.29 is 13.2 Å². The van der Waals surface area contributed by atoms with Crippen LogP contribution in [0.2, 0.25) is 0 Å². The van der Waals surface area contributed by atoms with Crippen LogP contribution in [0.25, 0.3) is 0 Å². The zero-order valence-electron chi connectivity index (χ0n) is 18.1. The smallest absolute Gasteiger partial charge is 0.193 e. The number of guanidine groups is 1. The quantitative estimate of drug-likeness (QED) is 0.249. The lowest BCUT2D eigenvalue weighted by Crippen LogP contribution is -2.57. The van der Waals surface area contributed by atoms with Crippen molar-refractivity contribution in [1.29, 1.82) is 0 Å². The Morgan fingerprint density at radius 3 is 2.48 bits per heavy atom. The molecular formula is C20H35IN4O3S. The van der Waals surface area contributed by atoms with Gasteiger partial charge in [0.1, 0.15) is 5.75 Å². The highest BCUT2D eigenvalue weighted by molar-refractivity contribution is 14.0. The molecule has 1 fully saturated rings. The molecule has 0 aromatic heterocycles. The maximum absolute atomic E-state index is 12.2. The second-order valence-corrected chi connectivity index (χ2v) is 10.8. The average molecular weight is 538 g/mol. The Kier molecular flexibility index (Phi) is 10.2. The molecule has 0 bridgehead atoms. The van der Waals surface area contributed by atoms with Crippen molar-refractivity contribution in [3.63, 3.8) is 0 Å². The Morgan fingerprint density at radius 2 is 1.93 bits per heavy atom. The van der Waals surface area contributed by atoms with Crippen LogP contribution >= 0.6 is 24.0 Å². The van der Waals surface area contributed by atoms with Gasteiger partial charge in [-0.15, -0.1) is 24.0 Å². The van der Waals surface area contributed by atoms with E-state index in [0.717, 1.165) is 30.2 Å². The fourth-order valence-corrected chi connectivity index (χ4v) is 4.48. The highest BCUT2D eigenvalue weighted by Crippen LogP contribution is 2.23. The predicted molar refractivity (Wildman–Crippen MR) is 130 cm³/mol. The number of ether oxygens (including phenoxy) is 1. The van der Waals surface area contributed by atoms with Crippen LogP contribution in [0.15, 0.2) is 29.3 Å². The summed E-state index contributed by atoms with van der Waals surface area (Å²) in [7, 11) is 2.77. The van der Waals surface area contributed by atoms with Gasteiger partial charge in [0.15, 0.2) is 15.8 Å². The Balaban J connectivity index is 0.00000420. The highest BCUT2D eigenvalue weighted by Gasteiger charge is 2.40. The normalized spacial score (nSPS) is 18.3.